The van der Waals surface area contributed by atoms with Crippen LogP contribution in [0.5, 0.6) is 0 Å². The molecule has 0 aromatic rings. The van der Waals surface area contributed by atoms with Crippen molar-refractivity contribution >= 4 is 0 Å². The van der Waals surface area contributed by atoms with E-state index in [9.17, 15) is 0 Å². The van der Waals surface area contributed by atoms with Gasteiger partial charge in [-0.2, -0.15) is 0 Å². The Hall–Kier alpha value is -0.120. The number of unbranched alkanes of at least 4 members (excludes halogenated alkanes) is 2. The van der Waals surface area contributed by atoms with Crippen LogP contribution in [0.2, 0.25) is 0 Å². The van der Waals surface area contributed by atoms with Crippen LogP contribution < -0.4 is 0 Å². The minimum Gasteiger partial charge on any atom is -0.309 e. The summed E-state index contributed by atoms with van der Waals surface area (Å²) in [5.41, 5.74) is 0. The SMILES string of the molecule is CCN(CCCCN(C)C)CCCCN(C)C. The van der Waals surface area contributed by atoms with Gasteiger partial charge in [-0.05, 0) is 86.6 Å². The van der Waals surface area contributed by atoms with Crippen molar-refractivity contribution < 1.29 is 0 Å². The Labute approximate surface area is 109 Å². The van der Waals surface area contributed by atoms with E-state index in [2.05, 4.69) is 49.8 Å². The lowest BCUT2D eigenvalue weighted by molar-refractivity contribution is 0.263. The van der Waals surface area contributed by atoms with E-state index in [0.717, 1.165) is 0 Å². The van der Waals surface area contributed by atoms with Gasteiger partial charge in [0.2, 0.25) is 0 Å². The van der Waals surface area contributed by atoms with Crippen LogP contribution in [0.1, 0.15) is 32.6 Å². The van der Waals surface area contributed by atoms with Crippen molar-refractivity contribution in [3.05, 3.63) is 0 Å². The van der Waals surface area contributed by atoms with Gasteiger partial charge in [-0.25, -0.2) is 0 Å². The third-order valence-electron chi connectivity index (χ3n) is 3.11. The molecular weight excluding hydrogens is 210 g/mol. The van der Waals surface area contributed by atoms with Gasteiger partial charge in [-0.15, -0.1) is 0 Å². The highest BCUT2D eigenvalue weighted by Gasteiger charge is 2.02. The van der Waals surface area contributed by atoms with E-state index in [4.69, 9.17) is 0 Å². The van der Waals surface area contributed by atoms with Gasteiger partial charge in [0.1, 0.15) is 0 Å². The largest absolute Gasteiger partial charge is 0.309 e. The van der Waals surface area contributed by atoms with E-state index < -0.39 is 0 Å². The van der Waals surface area contributed by atoms with Crippen LogP contribution in [-0.4, -0.2) is 75.6 Å². The molecule has 0 saturated carbocycles. The first-order valence-electron chi connectivity index (χ1n) is 7.08. The number of hydrogen-bond acceptors (Lipinski definition) is 3. The van der Waals surface area contributed by atoms with Crippen LogP contribution in [-0.2, 0) is 0 Å². The van der Waals surface area contributed by atoms with E-state index >= 15 is 0 Å². The molecule has 17 heavy (non-hydrogen) atoms. The average Bonchev–Trinajstić information content (AvgIpc) is 2.26. The molecular formula is C14H33N3. The molecule has 0 aromatic carbocycles. The first-order valence-corrected chi connectivity index (χ1v) is 7.08. The molecule has 0 saturated heterocycles. The molecule has 0 heterocycles. The fourth-order valence-corrected chi connectivity index (χ4v) is 1.95. The van der Waals surface area contributed by atoms with E-state index in [1.54, 1.807) is 0 Å². The van der Waals surface area contributed by atoms with Crippen molar-refractivity contribution in [1.82, 2.24) is 14.7 Å². The summed E-state index contributed by atoms with van der Waals surface area (Å²) in [6.45, 7) is 8.46. The lowest BCUT2D eigenvalue weighted by atomic mass is 10.2. The van der Waals surface area contributed by atoms with Crippen LogP contribution >= 0.6 is 0 Å². The molecule has 104 valence electrons. The number of hydrogen-bond donors (Lipinski definition) is 0. The van der Waals surface area contributed by atoms with Crippen molar-refractivity contribution in [3.63, 3.8) is 0 Å². The monoisotopic (exact) mass is 243 g/mol. The minimum atomic E-state index is 1.20. The quantitative estimate of drug-likeness (QED) is 0.514. The maximum atomic E-state index is 2.59. The van der Waals surface area contributed by atoms with Gasteiger partial charge in [0.15, 0.2) is 0 Å². The molecule has 0 aliphatic carbocycles. The summed E-state index contributed by atoms with van der Waals surface area (Å²) in [5, 5.41) is 0. The highest BCUT2D eigenvalue weighted by molar-refractivity contribution is 4.58. The van der Waals surface area contributed by atoms with Crippen molar-refractivity contribution in [2.45, 2.75) is 32.6 Å². The van der Waals surface area contributed by atoms with Crippen LogP contribution in [0, 0.1) is 0 Å². The zero-order valence-electron chi connectivity index (χ0n) is 12.7. The Morgan fingerprint density at radius 1 is 0.588 bits per heavy atom. The second-order valence-electron chi connectivity index (χ2n) is 5.46. The van der Waals surface area contributed by atoms with Gasteiger partial charge in [-0.3, -0.25) is 0 Å². The maximum Gasteiger partial charge on any atom is -0.00184 e. The summed E-state index contributed by atoms with van der Waals surface area (Å²) in [6, 6.07) is 0. The summed E-state index contributed by atoms with van der Waals surface area (Å²) in [7, 11) is 8.61. The molecule has 0 aliphatic heterocycles. The fourth-order valence-electron chi connectivity index (χ4n) is 1.95. The molecule has 3 heteroatoms. The summed E-state index contributed by atoms with van der Waals surface area (Å²) < 4.78 is 0. The van der Waals surface area contributed by atoms with E-state index in [1.807, 2.05) is 0 Å². The average molecular weight is 243 g/mol. The first kappa shape index (κ1) is 16.9. The Morgan fingerprint density at radius 2 is 0.941 bits per heavy atom. The highest BCUT2D eigenvalue weighted by atomic mass is 15.1. The van der Waals surface area contributed by atoms with Crippen molar-refractivity contribution in [2.75, 3.05) is 60.9 Å². The lowest BCUT2D eigenvalue weighted by Crippen LogP contribution is -2.27. The topological polar surface area (TPSA) is 9.72 Å². The lowest BCUT2D eigenvalue weighted by Gasteiger charge is -2.21. The van der Waals surface area contributed by atoms with Gasteiger partial charge < -0.3 is 14.7 Å². The third kappa shape index (κ3) is 12.1. The van der Waals surface area contributed by atoms with Gasteiger partial charge in [0, 0.05) is 0 Å². The summed E-state index contributed by atoms with van der Waals surface area (Å²) in [4.78, 5) is 7.13. The summed E-state index contributed by atoms with van der Waals surface area (Å²) in [5.74, 6) is 0. The Bertz CT molecular complexity index is 142. The number of nitrogens with zero attached hydrogens (tertiary/aromatic N) is 3. The second kappa shape index (κ2) is 11.0. The minimum absolute atomic E-state index is 1.20. The molecule has 0 atom stereocenters. The molecule has 0 bridgehead atoms. The fraction of sp³-hybridized carbons (Fsp3) is 1.00. The van der Waals surface area contributed by atoms with Crippen molar-refractivity contribution in [1.29, 1.82) is 0 Å². The first-order chi connectivity index (χ1) is 8.06. The van der Waals surface area contributed by atoms with Crippen LogP contribution in [0.3, 0.4) is 0 Å². The van der Waals surface area contributed by atoms with E-state index in [1.165, 1.54) is 58.4 Å². The van der Waals surface area contributed by atoms with Crippen LogP contribution in [0.4, 0.5) is 0 Å². The summed E-state index contributed by atoms with van der Waals surface area (Å²) in [6.07, 6.45) is 5.31. The maximum absolute atomic E-state index is 2.59. The molecule has 0 fully saturated rings. The predicted molar refractivity (Wildman–Crippen MR) is 77.7 cm³/mol. The molecule has 0 aromatic heterocycles. The smallest absolute Gasteiger partial charge is 0.00184 e. The third-order valence-corrected chi connectivity index (χ3v) is 3.11. The Morgan fingerprint density at radius 3 is 1.24 bits per heavy atom. The Kier molecular flexibility index (Phi) is 10.9. The molecule has 0 unspecified atom stereocenters. The van der Waals surface area contributed by atoms with E-state index in [0.29, 0.717) is 0 Å². The van der Waals surface area contributed by atoms with Gasteiger partial charge >= 0.3 is 0 Å². The van der Waals surface area contributed by atoms with Crippen LogP contribution in [0.15, 0.2) is 0 Å². The molecule has 0 spiro atoms. The summed E-state index contributed by atoms with van der Waals surface area (Å²) >= 11 is 0. The normalized spacial score (nSPS) is 12.0. The van der Waals surface area contributed by atoms with Crippen molar-refractivity contribution in [2.24, 2.45) is 0 Å². The molecule has 0 amide bonds. The van der Waals surface area contributed by atoms with Gasteiger partial charge in [0.25, 0.3) is 0 Å². The van der Waals surface area contributed by atoms with Crippen molar-refractivity contribution in [3.8, 4) is 0 Å². The van der Waals surface area contributed by atoms with E-state index in [-0.39, 0.29) is 0 Å². The zero-order valence-corrected chi connectivity index (χ0v) is 12.7. The van der Waals surface area contributed by atoms with Gasteiger partial charge in [-0.1, -0.05) is 6.92 Å². The predicted octanol–water partition coefficient (Wildman–Crippen LogP) is 1.99. The second-order valence-corrected chi connectivity index (χ2v) is 5.46. The molecule has 0 N–H and O–H groups in total. The zero-order chi connectivity index (χ0) is 13.1. The standard InChI is InChI=1S/C14H33N3/c1-6-17(13-9-7-11-15(2)3)14-10-8-12-16(4)5/h6-14H2,1-5H3. The molecule has 0 radical (unpaired) electrons. The molecule has 0 rings (SSSR count). The van der Waals surface area contributed by atoms with Crippen LogP contribution in [0.25, 0.3) is 0 Å². The highest BCUT2D eigenvalue weighted by Crippen LogP contribution is 2.00. The Balaban J connectivity index is 3.42. The molecule has 0 aliphatic rings. The van der Waals surface area contributed by atoms with Gasteiger partial charge in [0.05, 0.1) is 0 Å². The molecule has 3 nitrogen and oxygen atoms in total. The number of rotatable bonds is 11.